The number of hydrogen-bond acceptors (Lipinski definition) is 3. The Bertz CT molecular complexity index is 835. The summed E-state index contributed by atoms with van der Waals surface area (Å²) < 4.78 is 0. The number of Topliss-reactive ketones (excluding diaryl/α,β-unsaturated/α-hetero) is 2. The number of carbonyl (C=O) groups excluding carboxylic acids is 2. The van der Waals surface area contributed by atoms with Crippen molar-refractivity contribution in [1.29, 1.82) is 0 Å². The van der Waals surface area contributed by atoms with Crippen LogP contribution in [0.25, 0.3) is 0 Å². The molecule has 3 rings (SSSR count). The molecule has 0 aliphatic heterocycles. The van der Waals surface area contributed by atoms with E-state index in [1.54, 1.807) is 24.3 Å². The van der Waals surface area contributed by atoms with Crippen LogP contribution in [0.5, 0.6) is 0 Å². The monoisotopic (exact) mass is 345 g/mol. The van der Waals surface area contributed by atoms with Crippen LogP contribution in [-0.2, 0) is 5.41 Å². The Kier molecular flexibility index (Phi) is 5.35. The molecule has 1 aliphatic carbocycles. The second kappa shape index (κ2) is 7.68. The zero-order valence-corrected chi connectivity index (χ0v) is 15.3. The highest BCUT2D eigenvalue weighted by atomic mass is 16.2. The van der Waals surface area contributed by atoms with Crippen molar-refractivity contribution in [3.05, 3.63) is 71.3 Å². The Morgan fingerprint density at radius 1 is 0.846 bits per heavy atom. The molecule has 0 radical (unpaired) electrons. The minimum atomic E-state index is -1.41. The van der Waals surface area contributed by atoms with Crippen LogP contribution in [-0.4, -0.2) is 36.1 Å². The van der Waals surface area contributed by atoms with E-state index in [1.165, 1.54) is 0 Å². The molecule has 0 aromatic heterocycles. The van der Waals surface area contributed by atoms with Crippen molar-refractivity contribution in [3.63, 3.8) is 0 Å². The Hall–Kier alpha value is -2.70. The van der Waals surface area contributed by atoms with Crippen molar-refractivity contribution in [1.82, 2.24) is 4.90 Å². The zero-order chi connectivity index (χ0) is 18.6. The smallest absolute Gasteiger partial charge is 0.194 e. The van der Waals surface area contributed by atoms with Crippen molar-refractivity contribution >= 4 is 11.6 Å². The first-order valence-electron chi connectivity index (χ1n) is 9.11. The van der Waals surface area contributed by atoms with Crippen LogP contribution < -0.4 is 0 Å². The fraction of sp³-hybridized carbons (Fsp3) is 0.304. The average molecular weight is 345 g/mol. The van der Waals surface area contributed by atoms with Crippen LogP contribution >= 0.6 is 0 Å². The highest BCUT2D eigenvalue weighted by molar-refractivity contribution is 6.35. The first-order valence-corrected chi connectivity index (χ1v) is 9.11. The third-order valence-electron chi connectivity index (χ3n) is 5.03. The summed E-state index contributed by atoms with van der Waals surface area (Å²) >= 11 is 0. The van der Waals surface area contributed by atoms with E-state index in [4.69, 9.17) is 0 Å². The summed E-state index contributed by atoms with van der Waals surface area (Å²) in [6, 6.07) is 16.2. The lowest BCUT2D eigenvalue weighted by molar-refractivity contribution is 0.0842. The maximum atomic E-state index is 13.2. The van der Waals surface area contributed by atoms with Crippen LogP contribution in [0.4, 0.5) is 0 Å². The third kappa shape index (κ3) is 2.98. The molecule has 0 amide bonds. The van der Waals surface area contributed by atoms with Crippen LogP contribution in [0.2, 0.25) is 0 Å². The van der Waals surface area contributed by atoms with Crippen LogP contribution in [0.1, 0.15) is 46.5 Å². The predicted molar refractivity (Wildman–Crippen MR) is 103 cm³/mol. The molecule has 2 aromatic carbocycles. The maximum Gasteiger partial charge on any atom is 0.194 e. The highest BCUT2D eigenvalue weighted by Gasteiger charge is 2.53. The maximum absolute atomic E-state index is 13.2. The van der Waals surface area contributed by atoms with Gasteiger partial charge in [-0.3, -0.25) is 9.59 Å². The van der Waals surface area contributed by atoms with Crippen molar-refractivity contribution in [2.45, 2.75) is 25.7 Å². The number of hydrogen-bond donors (Lipinski definition) is 0. The summed E-state index contributed by atoms with van der Waals surface area (Å²) in [5.74, 6) is 5.80. The molecule has 3 nitrogen and oxygen atoms in total. The normalized spacial score (nSPS) is 14.9. The first-order chi connectivity index (χ1) is 12.6. The zero-order valence-electron chi connectivity index (χ0n) is 15.3. The number of fused-ring (bicyclic) bond motifs is 1. The number of ketones is 2. The Morgan fingerprint density at radius 2 is 1.38 bits per heavy atom. The molecule has 0 fully saturated rings. The Labute approximate surface area is 155 Å². The van der Waals surface area contributed by atoms with E-state index in [9.17, 15) is 9.59 Å². The van der Waals surface area contributed by atoms with Crippen molar-refractivity contribution in [2.24, 2.45) is 0 Å². The second-order valence-electron chi connectivity index (χ2n) is 6.40. The van der Waals surface area contributed by atoms with Gasteiger partial charge in [0, 0.05) is 24.1 Å². The molecule has 0 saturated carbocycles. The van der Waals surface area contributed by atoms with Crippen LogP contribution in [0.3, 0.4) is 0 Å². The fourth-order valence-electron chi connectivity index (χ4n) is 3.47. The molecule has 0 saturated heterocycles. The topological polar surface area (TPSA) is 37.4 Å². The molecule has 0 N–H and O–H groups in total. The van der Waals surface area contributed by atoms with Gasteiger partial charge in [-0.25, -0.2) is 0 Å². The Balaban J connectivity index is 2.02. The number of nitrogens with zero attached hydrogens (tertiary/aromatic N) is 1. The SMILES string of the molecule is CCN(CC)CCC#CC1(c2ccccc2)C(=O)c2ccccc2C1=O. The summed E-state index contributed by atoms with van der Waals surface area (Å²) in [5.41, 5.74) is 0.189. The first kappa shape index (κ1) is 18.1. The van der Waals surface area contributed by atoms with Gasteiger partial charge in [-0.15, -0.1) is 5.92 Å². The van der Waals surface area contributed by atoms with Gasteiger partial charge in [0.15, 0.2) is 17.0 Å². The van der Waals surface area contributed by atoms with Crippen LogP contribution in [0, 0.1) is 11.8 Å². The second-order valence-corrected chi connectivity index (χ2v) is 6.40. The van der Waals surface area contributed by atoms with Gasteiger partial charge in [-0.1, -0.05) is 74.4 Å². The molecule has 2 aromatic rings. The molecule has 0 atom stereocenters. The summed E-state index contributed by atoms with van der Waals surface area (Å²) in [4.78, 5) is 28.7. The van der Waals surface area contributed by atoms with E-state index in [0.29, 0.717) is 23.1 Å². The molecule has 0 heterocycles. The van der Waals surface area contributed by atoms with Gasteiger partial charge in [-0.2, -0.15) is 0 Å². The van der Waals surface area contributed by atoms with Gasteiger partial charge >= 0.3 is 0 Å². The third-order valence-corrected chi connectivity index (χ3v) is 5.03. The molecule has 0 spiro atoms. The minimum Gasteiger partial charge on any atom is -0.303 e. The Morgan fingerprint density at radius 3 is 1.92 bits per heavy atom. The van der Waals surface area contributed by atoms with Gasteiger partial charge in [0.1, 0.15) is 0 Å². The highest BCUT2D eigenvalue weighted by Crippen LogP contribution is 2.39. The van der Waals surface area contributed by atoms with Crippen molar-refractivity contribution in [3.8, 4) is 11.8 Å². The lowest BCUT2D eigenvalue weighted by atomic mass is 9.76. The lowest BCUT2D eigenvalue weighted by Crippen LogP contribution is -2.37. The lowest BCUT2D eigenvalue weighted by Gasteiger charge is -2.20. The average Bonchev–Trinajstić information content (AvgIpc) is 2.91. The summed E-state index contributed by atoms with van der Waals surface area (Å²) in [7, 11) is 0. The van der Waals surface area contributed by atoms with E-state index in [0.717, 1.165) is 19.6 Å². The minimum absolute atomic E-state index is 0.209. The molecule has 26 heavy (non-hydrogen) atoms. The molecule has 0 bridgehead atoms. The van der Waals surface area contributed by atoms with E-state index in [-0.39, 0.29) is 11.6 Å². The van der Waals surface area contributed by atoms with E-state index in [2.05, 4.69) is 30.6 Å². The summed E-state index contributed by atoms with van der Waals surface area (Å²) in [5, 5.41) is 0. The fourth-order valence-corrected chi connectivity index (χ4v) is 3.47. The van der Waals surface area contributed by atoms with E-state index in [1.807, 2.05) is 30.3 Å². The quantitative estimate of drug-likeness (QED) is 0.612. The van der Waals surface area contributed by atoms with E-state index >= 15 is 0 Å². The summed E-state index contributed by atoms with van der Waals surface area (Å²) in [6.45, 7) is 6.99. The van der Waals surface area contributed by atoms with Gasteiger partial charge in [0.2, 0.25) is 0 Å². The molecule has 132 valence electrons. The van der Waals surface area contributed by atoms with Gasteiger partial charge in [0.25, 0.3) is 0 Å². The predicted octanol–water partition coefficient (Wildman–Crippen LogP) is 3.74. The largest absolute Gasteiger partial charge is 0.303 e. The number of benzene rings is 2. The van der Waals surface area contributed by atoms with Gasteiger partial charge < -0.3 is 4.90 Å². The molecular weight excluding hydrogens is 322 g/mol. The molecule has 0 unspecified atom stereocenters. The molecular formula is C23H23NO2. The van der Waals surface area contributed by atoms with Crippen LogP contribution in [0.15, 0.2) is 54.6 Å². The summed E-state index contributed by atoms with van der Waals surface area (Å²) in [6.07, 6.45) is 0.632. The van der Waals surface area contributed by atoms with Gasteiger partial charge in [-0.05, 0) is 18.7 Å². The van der Waals surface area contributed by atoms with Crippen molar-refractivity contribution < 1.29 is 9.59 Å². The molecule has 3 heteroatoms. The van der Waals surface area contributed by atoms with Crippen molar-refractivity contribution in [2.75, 3.05) is 19.6 Å². The number of carbonyl (C=O) groups is 2. The number of rotatable bonds is 5. The van der Waals surface area contributed by atoms with Gasteiger partial charge in [0.05, 0.1) is 0 Å². The molecule has 1 aliphatic rings. The standard InChI is InChI=1S/C23H23NO2/c1-3-24(4-2)17-11-10-16-23(18-12-6-5-7-13-18)21(25)19-14-8-9-15-20(19)22(23)26/h5-9,12-15H,3-4,11,17H2,1-2H3. The van der Waals surface area contributed by atoms with E-state index < -0.39 is 5.41 Å².